The Labute approximate surface area is 193 Å². The molecular weight excluding hydrogens is 410 g/mol. The van der Waals surface area contributed by atoms with E-state index in [1.165, 1.54) is 50.4 Å². The molecule has 159 valence electrons. The summed E-state index contributed by atoms with van der Waals surface area (Å²) >= 11 is 0. The molecule has 0 N–H and O–H groups in total. The van der Waals surface area contributed by atoms with Gasteiger partial charge in [0, 0.05) is 11.3 Å². The molecule has 2 aliphatic rings. The minimum absolute atomic E-state index is 0.335. The molecule has 0 atom stereocenters. The van der Waals surface area contributed by atoms with Crippen molar-refractivity contribution in [1.29, 1.82) is 0 Å². The normalized spacial score (nSPS) is 19.5. The van der Waals surface area contributed by atoms with Crippen LogP contribution in [0, 0.1) is 23.2 Å². The average molecular weight is 444 g/mol. The van der Waals surface area contributed by atoms with Gasteiger partial charge in [0.05, 0.1) is 0 Å². The van der Waals surface area contributed by atoms with Crippen molar-refractivity contribution in [2.75, 3.05) is 6.16 Å². The van der Waals surface area contributed by atoms with Crippen molar-refractivity contribution in [1.82, 2.24) is 0 Å². The molecular formula is C29H33P2. The van der Waals surface area contributed by atoms with Gasteiger partial charge in [-0.25, -0.2) is 0 Å². The van der Waals surface area contributed by atoms with Gasteiger partial charge in [-0.3, -0.25) is 0 Å². The fourth-order valence-electron chi connectivity index (χ4n) is 4.43. The maximum atomic E-state index is 2.45. The predicted octanol–water partition coefficient (Wildman–Crippen LogP) is 8.17. The Kier molecular flexibility index (Phi) is 8.58. The number of benzene rings is 2. The maximum absolute atomic E-state index is 2.45. The van der Waals surface area contributed by atoms with E-state index in [1.54, 1.807) is 23.2 Å². The van der Waals surface area contributed by atoms with Gasteiger partial charge in [0.25, 0.3) is 0 Å². The molecule has 0 amide bonds. The van der Waals surface area contributed by atoms with Gasteiger partial charge in [-0.2, -0.15) is 0 Å². The topological polar surface area (TPSA) is 0 Å². The standard InChI is InChI=1S/C29H33P2/c1-23(2)20-21-29-27-18-10-9-17-26(27)28(30-29)19-11-12-22-31(24-13-5-3-6-14-24)25-15-7-4-8-16-25/h3-8,11-16,20H,9-10,17-19,21-22H2,1-2H3/b12-11-. The molecule has 4 rings (SSSR count). The fourth-order valence-corrected chi connectivity index (χ4v) is 8.04. The van der Waals surface area contributed by atoms with Crippen molar-refractivity contribution in [3.8, 4) is 0 Å². The van der Waals surface area contributed by atoms with Crippen molar-refractivity contribution in [2.45, 2.75) is 52.4 Å². The summed E-state index contributed by atoms with van der Waals surface area (Å²) in [6.07, 6.45) is 16.0. The Bertz CT molecular complexity index is 811. The lowest BCUT2D eigenvalue weighted by atomic mass is 9.75. The highest BCUT2D eigenvalue weighted by Crippen LogP contribution is 2.66. The van der Waals surface area contributed by atoms with Crippen LogP contribution in [0.15, 0.2) is 84.5 Å². The zero-order valence-electron chi connectivity index (χ0n) is 18.8. The number of allylic oxidation sites excluding steroid dienone is 4. The van der Waals surface area contributed by atoms with Crippen LogP contribution in [-0.2, 0) is 0 Å². The van der Waals surface area contributed by atoms with Gasteiger partial charge in [0.2, 0.25) is 0 Å². The Morgan fingerprint density at radius 2 is 1.32 bits per heavy atom. The van der Waals surface area contributed by atoms with Gasteiger partial charge in [-0.1, -0.05) is 106 Å². The molecule has 0 unspecified atom stereocenters. The highest BCUT2D eigenvalue weighted by atomic mass is 31.1. The van der Waals surface area contributed by atoms with Crippen LogP contribution in [0.4, 0.5) is 0 Å². The van der Waals surface area contributed by atoms with Crippen molar-refractivity contribution >= 4 is 27.1 Å². The van der Waals surface area contributed by atoms with E-state index in [4.69, 9.17) is 0 Å². The molecule has 0 spiro atoms. The molecule has 2 heteroatoms. The summed E-state index contributed by atoms with van der Waals surface area (Å²) in [5.74, 6) is 3.42. The van der Waals surface area contributed by atoms with Gasteiger partial charge in [0.15, 0.2) is 0 Å². The van der Waals surface area contributed by atoms with E-state index in [0.717, 1.165) is 19.0 Å². The van der Waals surface area contributed by atoms with Gasteiger partial charge in [0.1, 0.15) is 0 Å². The summed E-state index contributed by atoms with van der Waals surface area (Å²) in [6, 6.07) is 22.1. The van der Waals surface area contributed by atoms with Crippen molar-refractivity contribution in [2.24, 2.45) is 0 Å². The lowest BCUT2D eigenvalue weighted by molar-refractivity contribution is 0.576. The van der Waals surface area contributed by atoms with Crippen LogP contribution in [0.5, 0.6) is 0 Å². The molecule has 1 aliphatic heterocycles. The average Bonchev–Trinajstić information content (AvgIpc) is 3.16. The van der Waals surface area contributed by atoms with E-state index in [9.17, 15) is 0 Å². The molecule has 0 aromatic heterocycles. The SMILES string of the molecule is CC(C)=CC[C]1[P][C](C/C=C\CP(c2ccccc2)c2ccccc2)[C]2CCCC[C]12. The highest BCUT2D eigenvalue weighted by molar-refractivity contribution is 7.73. The molecule has 1 heterocycles. The molecule has 31 heavy (non-hydrogen) atoms. The Hall–Kier alpha value is -1.22. The van der Waals surface area contributed by atoms with E-state index in [1.807, 2.05) is 0 Å². The summed E-state index contributed by atoms with van der Waals surface area (Å²) < 4.78 is 0. The molecule has 1 saturated heterocycles. The first-order valence-electron chi connectivity index (χ1n) is 11.5. The summed E-state index contributed by atoms with van der Waals surface area (Å²) in [4.78, 5) is 0. The summed E-state index contributed by atoms with van der Waals surface area (Å²) in [6.45, 7) is 4.43. The van der Waals surface area contributed by atoms with Crippen molar-refractivity contribution in [3.05, 3.63) is 108 Å². The molecule has 2 fully saturated rings. The summed E-state index contributed by atoms with van der Waals surface area (Å²) in [5.41, 5.74) is 4.78. The minimum Gasteiger partial charge on any atom is -0.0872 e. The Balaban J connectivity index is 1.40. The third-order valence-electron chi connectivity index (χ3n) is 6.04. The highest BCUT2D eigenvalue weighted by Gasteiger charge is 2.45. The second-order valence-electron chi connectivity index (χ2n) is 8.61. The third kappa shape index (κ3) is 6.18. The number of fused-ring (bicyclic) bond motifs is 1. The van der Waals surface area contributed by atoms with Crippen LogP contribution in [0.2, 0.25) is 0 Å². The molecule has 0 bridgehead atoms. The minimum atomic E-state index is -0.335. The predicted molar refractivity (Wildman–Crippen MR) is 140 cm³/mol. The largest absolute Gasteiger partial charge is 0.0872 e. The van der Waals surface area contributed by atoms with Crippen LogP contribution in [0.3, 0.4) is 0 Å². The van der Waals surface area contributed by atoms with Crippen LogP contribution < -0.4 is 10.6 Å². The Morgan fingerprint density at radius 3 is 1.87 bits per heavy atom. The summed E-state index contributed by atoms with van der Waals surface area (Å²) in [7, 11) is 1.17. The number of rotatable bonds is 8. The molecule has 1 saturated carbocycles. The first kappa shape index (κ1) is 23.0. The quantitative estimate of drug-likeness (QED) is 0.285. The first-order chi connectivity index (χ1) is 15.2. The van der Waals surface area contributed by atoms with E-state index in [2.05, 4.69) is 92.7 Å². The second-order valence-corrected chi connectivity index (χ2v) is 12.2. The van der Waals surface area contributed by atoms with Gasteiger partial charge in [-0.05, 0) is 76.1 Å². The third-order valence-corrected chi connectivity index (χ3v) is 9.90. The summed E-state index contributed by atoms with van der Waals surface area (Å²) in [5, 5.41) is 2.93. The number of hydrogen-bond acceptors (Lipinski definition) is 0. The van der Waals surface area contributed by atoms with Gasteiger partial charge >= 0.3 is 0 Å². The lowest BCUT2D eigenvalue weighted by Gasteiger charge is -2.28. The van der Waals surface area contributed by atoms with E-state index in [-0.39, 0.29) is 7.92 Å². The second kappa shape index (κ2) is 11.6. The zero-order valence-corrected chi connectivity index (χ0v) is 20.6. The molecule has 1 aliphatic carbocycles. The fraction of sp³-hybridized carbons (Fsp3) is 0.310. The van der Waals surface area contributed by atoms with Crippen LogP contribution in [0.1, 0.15) is 52.4 Å². The van der Waals surface area contributed by atoms with E-state index in [0.29, 0.717) is 0 Å². The smallest absolute Gasteiger partial charge is 0.0160 e. The lowest BCUT2D eigenvalue weighted by Crippen LogP contribution is -2.16. The van der Waals surface area contributed by atoms with E-state index >= 15 is 0 Å². The molecule has 5 radical (unpaired) electrons. The van der Waals surface area contributed by atoms with E-state index < -0.39 is 0 Å². The molecule has 2 aromatic rings. The Morgan fingerprint density at radius 1 is 0.774 bits per heavy atom. The van der Waals surface area contributed by atoms with Gasteiger partial charge < -0.3 is 0 Å². The number of hydrogen-bond donors (Lipinski definition) is 0. The monoisotopic (exact) mass is 443 g/mol. The molecule has 0 nitrogen and oxygen atoms in total. The zero-order chi connectivity index (χ0) is 21.5. The van der Waals surface area contributed by atoms with Crippen molar-refractivity contribution < 1.29 is 0 Å². The first-order valence-corrected chi connectivity index (χ1v) is 14.0. The van der Waals surface area contributed by atoms with Crippen LogP contribution in [0.25, 0.3) is 0 Å². The van der Waals surface area contributed by atoms with Gasteiger partial charge in [-0.15, -0.1) is 0 Å². The van der Waals surface area contributed by atoms with Crippen LogP contribution >= 0.6 is 16.5 Å². The maximum Gasteiger partial charge on any atom is 0.0160 e. The van der Waals surface area contributed by atoms with Crippen molar-refractivity contribution in [3.63, 3.8) is 0 Å². The molecule has 2 aromatic carbocycles. The van der Waals surface area contributed by atoms with Crippen LogP contribution in [-0.4, -0.2) is 6.16 Å².